The zero-order valence-corrected chi connectivity index (χ0v) is 14.6. The van der Waals surface area contributed by atoms with Crippen molar-refractivity contribution >= 4 is 30.8 Å². The molecule has 0 saturated heterocycles. The number of rotatable bonds is 5. The lowest BCUT2D eigenvalue weighted by molar-refractivity contribution is -0.144. The second-order valence-corrected chi connectivity index (χ2v) is 4.63. The number of benzene rings is 1. The molecule has 0 fully saturated rings. The third kappa shape index (κ3) is 5.40. The largest absolute Gasteiger partial charge is 0.479 e. The number of hydrogen-bond acceptors (Lipinski definition) is 4. The Morgan fingerprint density at radius 3 is 2.12 bits per heavy atom. The maximum Gasteiger partial charge on any atom is 0.344 e. The molecule has 0 amide bonds. The van der Waals surface area contributed by atoms with Crippen molar-refractivity contribution in [3.05, 3.63) is 47.4 Å². The normalized spacial score (nSPS) is 10.9. The highest BCUT2D eigenvalue weighted by atomic mass is 35.5. The molecule has 0 radical (unpaired) electrons. The summed E-state index contributed by atoms with van der Waals surface area (Å²) in [5.74, 6) is -5.63. The summed E-state index contributed by atoms with van der Waals surface area (Å²) in [5.41, 5.74) is -0.541. The maximum atomic E-state index is 13.6. The summed E-state index contributed by atoms with van der Waals surface area (Å²) in [6.07, 6.45) is -1.05. The van der Waals surface area contributed by atoms with E-state index in [1.807, 2.05) is 0 Å². The number of aromatic nitrogens is 1. The number of carboxylic acid groups (broad SMARTS) is 1. The van der Waals surface area contributed by atoms with Crippen LogP contribution in [0.1, 0.15) is 12.5 Å². The van der Waals surface area contributed by atoms with E-state index in [2.05, 4.69) is 4.98 Å². The smallest absolute Gasteiger partial charge is 0.344 e. The van der Waals surface area contributed by atoms with Crippen molar-refractivity contribution in [2.24, 2.45) is 0 Å². The van der Waals surface area contributed by atoms with Gasteiger partial charge in [0.05, 0.1) is 0 Å². The number of aliphatic carboxylic acids is 1. The zero-order chi connectivity index (χ0) is 17.1. The minimum atomic E-state index is -1.40. The molecule has 0 aliphatic heterocycles. The number of hydrogen-bond donors (Lipinski definition) is 1. The fourth-order valence-electron chi connectivity index (χ4n) is 1.59. The highest BCUT2D eigenvalue weighted by Crippen LogP contribution is 2.27. The Morgan fingerprint density at radius 2 is 1.60 bits per heavy atom. The van der Waals surface area contributed by atoms with Crippen LogP contribution in [0.15, 0.2) is 24.3 Å². The fraction of sp³-hybridized carbons (Fsp3) is 0.200. The SMILES string of the molecule is Cc1c(F)nc(Oc2ccc(OC(C)C(=O)O)cc2)c(F)c1F.Cl.Cl. The molecule has 2 rings (SSSR count). The lowest BCUT2D eigenvalue weighted by Gasteiger charge is -2.11. The molecule has 1 heterocycles. The predicted octanol–water partition coefficient (Wildman–Crippen LogP) is 4.30. The van der Waals surface area contributed by atoms with Crippen LogP contribution in [-0.2, 0) is 4.79 Å². The topological polar surface area (TPSA) is 68.7 Å². The Bertz CT molecular complexity index is 745. The molecule has 2 aromatic rings. The van der Waals surface area contributed by atoms with E-state index in [1.54, 1.807) is 0 Å². The molecule has 5 nitrogen and oxygen atoms in total. The Labute approximate surface area is 153 Å². The standard InChI is InChI=1S/C15H12F3NO4.2ClH/c1-7-11(16)12(17)14(19-13(7)18)23-10-5-3-9(4-6-10)22-8(2)15(20)21;;/h3-6,8H,1-2H3,(H,20,21);2*1H. The molecule has 0 spiro atoms. The first-order valence-corrected chi connectivity index (χ1v) is 6.48. The van der Waals surface area contributed by atoms with E-state index in [9.17, 15) is 18.0 Å². The van der Waals surface area contributed by atoms with Crippen LogP contribution in [0.25, 0.3) is 0 Å². The van der Waals surface area contributed by atoms with E-state index in [-0.39, 0.29) is 36.3 Å². The Kier molecular flexibility index (Phi) is 8.52. The molecule has 1 aromatic carbocycles. The lowest BCUT2D eigenvalue weighted by atomic mass is 10.3. The summed E-state index contributed by atoms with van der Waals surface area (Å²) in [6.45, 7) is 2.41. The molecule has 0 saturated carbocycles. The Balaban J connectivity index is 0.00000288. The zero-order valence-electron chi connectivity index (χ0n) is 13.0. The van der Waals surface area contributed by atoms with Gasteiger partial charge in [-0.25, -0.2) is 9.18 Å². The number of carbonyl (C=O) groups is 1. The van der Waals surface area contributed by atoms with E-state index in [0.29, 0.717) is 0 Å². The maximum absolute atomic E-state index is 13.6. The van der Waals surface area contributed by atoms with E-state index in [1.165, 1.54) is 31.2 Å². The van der Waals surface area contributed by atoms with Gasteiger partial charge in [-0.05, 0) is 38.1 Å². The van der Waals surface area contributed by atoms with Gasteiger partial charge in [0.2, 0.25) is 11.8 Å². The minimum Gasteiger partial charge on any atom is -0.479 e. The van der Waals surface area contributed by atoms with Crippen molar-refractivity contribution in [2.45, 2.75) is 20.0 Å². The highest BCUT2D eigenvalue weighted by molar-refractivity contribution is 5.85. The van der Waals surface area contributed by atoms with Gasteiger partial charge in [-0.15, -0.1) is 24.8 Å². The van der Waals surface area contributed by atoms with Gasteiger partial charge >= 0.3 is 5.97 Å². The monoisotopic (exact) mass is 399 g/mol. The van der Waals surface area contributed by atoms with E-state index < -0.39 is 41.1 Å². The number of ether oxygens (including phenoxy) is 2. The van der Waals surface area contributed by atoms with Gasteiger partial charge in [0.1, 0.15) is 11.5 Å². The van der Waals surface area contributed by atoms with E-state index in [0.717, 1.165) is 6.92 Å². The van der Waals surface area contributed by atoms with Crippen molar-refractivity contribution in [3.63, 3.8) is 0 Å². The molecule has 10 heteroatoms. The van der Waals surface area contributed by atoms with Gasteiger partial charge in [0.25, 0.3) is 5.88 Å². The van der Waals surface area contributed by atoms with Gasteiger partial charge in [0, 0.05) is 5.56 Å². The second-order valence-electron chi connectivity index (χ2n) is 4.63. The molecule has 1 atom stereocenters. The molecule has 1 aromatic heterocycles. The van der Waals surface area contributed by atoms with Crippen molar-refractivity contribution in [3.8, 4) is 17.4 Å². The second kappa shape index (κ2) is 9.33. The number of pyridine rings is 1. The average molecular weight is 400 g/mol. The molecule has 25 heavy (non-hydrogen) atoms. The van der Waals surface area contributed by atoms with E-state index in [4.69, 9.17) is 14.6 Å². The van der Waals surface area contributed by atoms with Crippen LogP contribution in [0.5, 0.6) is 17.4 Å². The number of nitrogens with zero attached hydrogens (tertiary/aromatic N) is 1. The lowest BCUT2D eigenvalue weighted by Crippen LogP contribution is -2.22. The van der Waals surface area contributed by atoms with Gasteiger partial charge in [0.15, 0.2) is 11.9 Å². The van der Waals surface area contributed by atoms with Gasteiger partial charge in [-0.3, -0.25) is 0 Å². The fourth-order valence-corrected chi connectivity index (χ4v) is 1.59. The number of halogens is 5. The van der Waals surface area contributed by atoms with Crippen LogP contribution in [-0.4, -0.2) is 22.2 Å². The van der Waals surface area contributed by atoms with Crippen LogP contribution in [0, 0.1) is 24.5 Å². The summed E-state index contributed by atoms with van der Waals surface area (Å²) in [6, 6.07) is 5.38. The van der Waals surface area contributed by atoms with Gasteiger partial charge in [-0.1, -0.05) is 0 Å². The molecule has 0 bridgehead atoms. The van der Waals surface area contributed by atoms with Crippen molar-refractivity contribution in [2.75, 3.05) is 0 Å². The van der Waals surface area contributed by atoms with Crippen molar-refractivity contribution in [1.29, 1.82) is 0 Å². The molecule has 1 N–H and O–H groups in total. The predicted molar refractivity (Wildman–Crippen MR) is 87.6 cm³/mol. The molecule has 1 unspecified atom stereocenters. The third-order valence-electron chi connectivity index (χ3n) is 2.92. The van der Waals surface area contributed by atoms with Crippen molar-refractivity contribution < 1.29 is 32.5 Å². The first-order valence-electron chi connectivity index (χ1n) is 6.48. The molecular weight excluding hydrogens is 386 g/mol. The summed E-state index contributed by atoms with van der Waals surface area (Å²) in [4.78, 5) is 13.9. The first-order chi connectivity index (χ1) is 10.8. The number of carboxylic acids is 1. The molecule has 0 aliphatic rings. The summed E-state index contributed by atoms with van der Waals surface area (Å²) >= 11 is 0. The summed E-state index contributed by atoms with van der Waals surface area (Å²) in [7, 11) is 0. The highest BCUT2D eigenvalue weighted by Gasteiger charge is 2.19. The minimum absolute atomic E-state index is 0. The van der Waals surface area contributed by atoms with E-state index >= 15 is 0 Å². The average Bonchev–Trinajstić information content (AvgIpc) is 2.52. The van der Waals surface area contributed by atoms with Gasteiger partial charge in [-0.2, -0.15) is 13.8 Å². The van der Waals surface area contributed by atoms with Crippen LogP contribution in [0.2, 0.25) is 0 Å². The quantitative estimate of drug-likeness (QED) is 0.759. The summed E-state index contributed by atoms with van der Waals surface area (Å²) in [5, 5.41) is 8.73. The van der Waals surface area contributed by atoms with Crippen LogP contribution in [0.3, 0.4) is 0 Å². The Hall–Kier alpha value is -2.19. The summed E-state index contributed by atoms with van der Waals surface area (Å²) < 4.78 is 50.5. The van der Waals surface area contributed by atoms with Crippen LogP contribution >= 0.6 is 24.8 Å². The van der Waals surface area contributed by atoms with Crippen molar-refractivity contribution in [1.82, 2.24) is 4.98 Å². The first kappa shape index (κ1) is 22.8. The Morgan fingerprint density at radius 1 is 1.08 bits per heavy atom. The molecule has 0 aliphatic carbocycles. The third-order valence-corrected chi connectivity index (χ3v) is 2.92. The molecule has 138 valence electrons. The molecular formula is C15H14Cl2F3NO4. The van der Waals surface area contributed by atoms with Crippen LogP contribution in [0.4, 0.5) is 13.2 Å². The van der Waals surface area contributed by atoms with Gasteiger partial charge < -0.3 is 14.6 Å². The van der Waals surface area contributed by atoms with Crippen LogP contribution < -0.4 is 9.47 Å².